The molecule has 0 aliphatic rings. The first kappa shape index (κ1) is 12.4. The van der Waals surface area contributed by atoms with Gasteiger partial charge in [-0.25, -0.2) is 9.97 Å². The van der Waals surface area contributed by atoms with Crippen molar-refractivity contribution in [3.8, 4) is 5.75 Å². The molecule has 0 fully saturated rings. The number of nitrogens with zero attached hydrogens (tertiary/aromatic N) is 2. The van der Waals surface area contributed by atoms with Crippen LogP contribution in [0.2, 0.25) is 0 Å². The van der Waals surface area contributed by atoms with Crippen LogP contribution in [0.15, 0.2) is 48.5 Å². The van der Waals surface area contributed by atoms with Gasteiger partial charge in [-0.1, -0.05) is 30.3 Å². The standard InChI is InChI=1S/C16H15N3O/c1-11-18-15-8-7-13(9-14(15)16(17)19-11)20-10-12-5-3-2-4-6-12/h2-9H,10H2,1H3,(H2,17,18,19). The molecule has 1 aromatic heterocycles. The lowest BCUT2D eigenvalue weighted by Crippen LogP contribution is -1.99. The monoisotopic (exact) mass is 265 g/mol. The lowest BCUT2D eigenvalue weighted by Gasteiger charge is -2.08. The summed E-state index contributed by atoms with van der Waals surface area (Å²) in [7, 11) is 0. The van der Waals surface area contributed by atoms with Crippen LogP contribution in [0.3, 0.4) is 0 Å². The van der Waals surface area contributed by atoms with Gasteiger partial charge in [-0.3, -0.25) is 0 Å². The molecule has 0 saturated heterocycles. The smallest absolute Gasteiger partial charge is 0.135 e. The van der Waals surface area contributed by atoms with Crippen molar-refractivity contribution in [2.75, 3.05) is 5.73 Å². The van der Waals surface area contributed by atoms with Gasteiger partial charge in [0.1, 0.15) is 24.0 Å². The van der Waals surface area contributed by atoms with Gasteiger partial charge < -0.3 is 10.5 Å². The zero-order chi connectivity index (χ0) is 13.9. The second-order valence-corrected chi connectivity index (χ2v) is 4.61. The van der Waals surface area contributed by atoms with Crippen molar-refractivity contribution in [1.29, 1.82) is 0 Å². The number of aryl methyl sites for hydroxylation is 1. The maximum Gasteiger partial charge on any atom is 0.135 e. The molecule has 3 aromatic rings. The Hall–Kier alpha value is -2.62. The van der Waals surface area contributed by atoms with E-state index in [9.17, 15) is 0 Å². The van der Waals surface area contributed by atoms with Crippen LogP contribution in [0.4, 0.5) is 5.82 Å². The van der Waals surface area contributed by atoms with E-state index in [4.69, 9.17) is 10.5 Å². The molecule has 3 rings (SSSR count). The lowest BCUT2D eigenvalue weighted by atomic mass is 10.2. The van der Waals surface area contributed by atoms with Crippen LogP contribution in [-0.2, 0) is 6.61 Å². The van der Waals surface area contributed by atoms with Gasteiger partial charge in [-0.15, -0.1) is 0 Å². The van der Waals surface area contributed by atoms with Crippen molar-refractivity contribution >= 4 is 16.7 Å². The molecule has 100 valence electrons. The zero-order valence-corrected chi connectivity index (χ0v) is 11.2. The molecule has 0 saturated carbocycles. The third-order valence-electron chi connectivity index (χ3n) is 3.06. The Bertz CT molecular complexity index is 741. The number of nitrogen functional groups attached to an aromatic ring is 1. The molecule has 20 heavy (non-hydrogen) atoms. The quantitative estimate of drug-likeness (QED) is 0.790. The molecule has 2 aromatic carbocycles. The fraction of sp³-hybridized carbons (Fsp3) is 0.125. The first-order valence-corrected chi connectivity index (χ1v) is 6.43. The largest absolute Gasteiger partial charge is 0.489 e. The third-order valence-corrected chi connectivity index (χ3v) is 3.06. The molecule has 2 N–H and O–H groups in total. The first-order chi connectivity index (χ1) is 9.72. The van der Waals surface area contributed by atoms with Gasteiger partial charge >= 0.3 is 0 Å². The van der Waals surface area contributed by atoms with Gasteiger partial charge in [0.05, 0.1) is 5.52 Å². The van der Waals surface area contributed by atoms with Crippen LogP contribution in [0.25, 0.3) is 10.9 Å². The van der Waals surface area contributed by atoms with Crippen molar-refractivity contribution in [2.24, 2.45) is 0 Å². The van der Waals surface area contributed by atoms with Crippen molar-refractivity contribution in [1.82, 2.24) is 9.97 Å². The van der Waals surface area contributed by atoms with Gasteiger partial charge in [0.2, 0.25) is 0 Å². The van der Waals surface area contributed by atoms with E-state index in [1.165, 1.54) is 0 Å². The highest BCUT2D eigenvalue weighted by atomic mass is 16.5. The minimum atomic E-state index is 0.484. The highest BCUT2D eigenvalue weighted by molar-refractivity contribution is 5.89. The minimum absolute atomic E-state index is 0.484. The average molecular weight is 265 g/mol. The van der Waals surface area contributed by atoms with Gasteiger partial charge in [-0.05, 0) is 30.7 Å². The first-order valence-electron chi connectivity index (χ1n) is 6.43. The Morgan fingerprint density at radius 2 is 1.85 bits per heavy atom. The molecule has 0 unspecified atom stereocenters. The van der Waals surface area contributed by atoms with E-state index >= 15 is 0 Å². The van der Waals surface area contributed by atoms with Crippen molar-refractivity contribution in [3.63, 3.8) is 0 Å². The Morgan fingerprint density at radius 3 is 2.65 bits per heavy atom. The predicted molar refractivity (Wildman–Crippen MR) is 79.5 cm³/mol. The van der Waals surface area contributed by atoms with Gasteiger partial charge in [0, 0.05) is 5.39 Å². The fourth-order valence-corrected chi connectivity index (χ4v) is 2.08. The van der Waals surface area contributed by atoms with Crippen molar-refractivity contribution < 1.29 is 4.74 Å². The highest BCUT2D eigenvalue weighted by Crippen LogP contribution is 2.24. The molecule has 4 heteroatoms. The summed E-state index contributed by atoms with van der Waals surface area (Å²) in [6.45, 7) is 2.36. The number of fused-ring (bicyclic) bond motifs is 1. The van der Waals surface area contributed by atoms with E-state index in [1.54, 1.807) is 0 Å². The number of ether oxygens (including phenoxy) is 1. The van der Waals surface area contributed by atoms with E-state index < -0.39 is 0 Å². The second-order valence-electron chi connectivity index (χ2n) is 4.61. The molecule has 4 nitrogen and oxygen atoms in total. The highest BCUT2D eigenvalue weighted by Gasteiger charge is 2.04. The Morgan fingerprint density at radius 1 is 1.05 bits per heavy atom. The summed E-state index contributed by atoms with van der Waals surface area (Å²) in [5.74, 6) is 1.92. The molecule has 0 spiro atoms. The number of anilines is 1. The summed E-state index contributed by atoms with van der Waals surface area (Å²) < 4.78 is 5.77. The summed E-state index contributed by atoms with van der Waals surface area (Å²) in [4.78, 5) is 8.52. The molecule has 0 atom stereocenters. The molecule has 1 heterocycles. The summed E-state index contributed by atoms with van der Waals surface area (Å²) >= 11 is 0. The average Bonchev–Trinajstić information content (AvgIpc) is 2.46. The number of rotatable bonds is 3. The Balaban J connectivity index is 1.86. The topological polar surface area (TPSA) is 61.0 Å². The summed E-state index contributed by atoms with van der Waals surface area (Å²) in [6, 6.07) is 15.7. The van der Waals surface area contributed by atoms with Crippen molar-refractivity contribution in [2.45, 2.75) is 13.5 Å². The number of hydrogen-bond donors (Lipinski definition) is 1. The van der Waals surface area contributed by atoms with E-state index in [-0.39, 0.29) is 0 Å². The molecule has 0 amide bonds. The van der Waals surface area contributed by atoms with E-state index in [2.05, 4.69) is 9.97 Å². The zero-order valence-electron chi connectivity index (χ0n) is 11.2. The lowest BCUT2D eigenvalue weighted by molar-refractivity contribution is 0.306. The second kappa shape index (κ2) is 5.17. The van der Waals surface area contributed by atoms with E-state index in [0.717, 1.165) is 22.2 Å². The molecule has 0 radical (unpaired) electrons. The summed E-state index contributed by atoms with van der Waals surface area (Å²) in [5.41, 5.74) is 7.89. The van der Waals surface area contributed by atoms with Gasteiger partial charge in [0.25, 0.3) is 0 Å². The minimum Gasteiger partial charge on any atom is -0.489 e. The van der Waals surface area contributed by atoms with Crippen LogP contribution in [0.5, 0.6) is 5.75 Å². The fourth-order valence-electron chi connectivity index (χ4n) is 2.08. The summed E-state index contributed by atoms with van der Waals surface area (Å²) in [6.07, 6.45) is 0. The van der Waals surface area contributed by atoms with Crippen LogP contribution in [0.1, 0.15) is 11.4 Å². The SMILES string of the molecule is Cc1nc(N)c2cc(OCc3ccccc3)ccc2n1. The number of aromatic nitrogens is 2. The number of nitrogens with two attached hydrogens (primary N) is 1. The number of hydrogen-bond acceptors (Lipinski definition) is 4. The predicted octanol–water partition coefficient (Wildman–Crippen LogP) is 3.10. The molecular formula is C16H15N3O. The Kier molecular flexibility index (Phi) is 3.21. The maximum atomic E-state index is 5.93. The van der Waals surface area contributed by atoms with Crippen LogP contribution < -0.4 is 10.5 Å². The van der Waals surface area contributed by atoms with Crippen LogP contribution >= 0.6 is 0 Å². The van der Waals surface area contributed by atoms with Crippen LogP contribution in [-0.4, -0.2) is 9.97 Å². The normalized spacial score (nSPS) is 10.7. The van der Waals surface area contributed by atoms with Crippen LogP contribution in [0, 0.1) is 6.92 Å². The van der Waals surface area contributed by atoms with Gasteiger partial charge in [0.15, 0.2) is 0 Å². The Labute approximate surface area is 117 Å². The summed E-state index contributed by atoms with van der Waals surface area (Å²) in [5, 5.41) is 0.821. The molecule has 0 bridgehead atoms. The van der Waals surface area contributed by atoms with E-state index in [1.807, 2.05) is 55.5 Å². The molecule has 0 aliphatic carbocycles. The number of benzene rings is 2. The van der Waals surface area contributed by atoms with Crippen molar-refractivity contribution in [3.05, 3.63) is 59.9 Å². The van der Waals surface area contributed by atoms with E-state index in [0.29, 0.717) is 18.2 Å². The molecular weight excluding hydrogens is 250 g/mol. The maximum absolute atomic E-state index is 5.93. The van der Waals surface area contributed by atoms with Gasteiger partial charge in [-0.2, -0.15) is 0 Å². The third kappa shape index (κ3) is 2.54. The molecule has 0 aliphatic heterocycles.